The fraction of sp³-hybridized carbons (Fsp3) is 0.364. The number of nitrogens with zero attached hydrogens (tertiary/aromatic N) is 1. The van der Waals surface area contributed by atoms with Gasteiger partial charge in [-0.2, -0.15) is 5.26 Å². The lowest BCUT2D eigenvalue weighted by atomic mass is 9.91. The number of hydrogen-bond donors (Lipinski definition) is 0. The molecule has 1 unspecified atom stereocenters. The van der Waals surface area contributed by atoms with E-state index in [4.69, 9.17) is 21.6 Å². The van der Waals surface area contributed by atoms with E-state index < -0.39 is 0 Å². The molecule has 2 nitrogen and oxygen atoms in total. The maximum absolute atomic E-state index is 8.69. The van der Waals surface area contributed by atoms with Crippen LogP contribution in [0.1, 0.15) is 24.3 Å². The zero-order valence-corrected chi connectivity index (χ0v) is 8.42. The van der Waals surface area contributed by atoms with E-state index in [1.165, 1.54) is 0 Å². The molecule has 3 heteroatoms. The Morgan fingerprint density at radius 3 is 3.21 bits per heavy atom. The maximum atomic E-state index is 8.69. The second kappa shape index (κ2) is 3.89. The van der Waals surface area contributed by atoms with Gasteiger partial charge in [-0.15, -0.1) is 0 Å². The lowest BCUT2D eigenvalue weighted by molar-refractivity contribution is 0.268. The summed E-state index contributed by atoms with van der Waals surface area (Å²) in [5.41, 5.74) is 1.07. The van der Waals surface area contributed by atoms with E-state index >= 15 is 0 Å². The average molecular weight is 208 g/mol. The number of hydrogen-bond acceptors (Lipinski definition) is 2. The van der Waals surface area contributed by atoms with Gasteiger partial charge in [-0.25, -0.2) is 0 Å². The standard InChI is InChI=1S/C11H10ClNO/c12-10-3-1-2-9-8(4-6-13)5-7-14-11(9)10/h1-3,8H,4-5,7H2. The van der Waals surface area contributed by atoms with Crippen LogP contribution in [-0.4, -0.2) is 6.61 Å². The lowest BCUT2D eigenvalue weighted by Gasteiger charge is -2.24. The van der Waals surface area contributed by atoms with Crippen molar-refractivity contribution in [2.45, 2.75) is 18.8 Å². The van der Waals surface area contributed by atoms with Gasteiger partial charge in [-0.1, -0.05) is 23.7 Å². The normalized spacial score (nSPS) is 19.3. The van der Waals surface area contributed by atoms with E-state index in [0.29, 0.717) is 18.1 Å². The largest absolute Gasteiger partial charge is 0.492 e. The maximum Gasteiger partial charge on any atom is 0.141 e. The van der Waals surface area contributed by atoms with E-state index in [1.807, 2.05) is 18.2 Å². The first-order chi connectivity index (χ1) is 6.83. The smallest absolute Gasteiger partial charge is 0.141 e. The van der Waals surface area contributed by atoms with Gasteiger partial charge < -0.3 is 4.74 Å². The van der Waals surface area contributed by atoms with Gasteiger partial charge >= 0.3 is 0 Å². The van der Waals surface area contributed by atoms with E-state index in [1.54, 1.807) is 0 Å². The molecule has 1 aromatic rings. The minimum atomic E-state index is 0.280. The van der Waals surface area contributed by atoms with Gasteiger partial charge in [0, 0.05) is 12.3 Å². The third kappa shape index (κ3) is 1.56. The Labute approximate surface area is 88.1 Å². The molecule has 0 radical (unpaired) electrons. The molecule has 0 amide bonds. The van der Waals surface area contributed by atoms with E-state index in [-0.39, 0.29) is 5.92 Å². The van der Waals surface area contributed by atoms with Crippen molar-refractivity contribution in [3.05, 3.63) is 28.8 Å². The van der Waals surface area contributed by atoms with Crippen molar-refractivity contribution in [2.75, 3.05) is 6.61 Å². The zero-order valence-electron chi connectivity index (χ0n) is 7.66. The number of para-hydroxylation sites is 1. The molecule has 0 aromatic heterocycles. The van der Waals surface area contributed by atoms with Crippen LogP contribution in [-0.2, 0) is 0 Å². The SMILES string of the molecule is N#CCC1CCOc2c(Cl)cccc21. The Morgan fingerprint density at radius 2 is 2.43 bits per heavy atom. The quantitative estimate of drug-likeness (QED) is 0.709. The molecule has 0 saturated carbocycles. The summed E-state index contributed by atoms with van der Waals surface area (Å²) < 4.78 is 5.49. The van der Waals surface area contributed by atoms with Crippen LogP contribution in [0.15, 0.2) is 18.2 Å². The number of rotatable bonds is 1. The van der Waals surface area contributed by atoms with Gasteiger partial charge in [0.05, 0.1) is 17.7 Å². The number of ether oxygens (including phenoxy) is 1. The summed E-state index contributed by atoms with van der Waals surface area (Å²) in [5.74, 6) is 1.04. The molecular weight excluding hydrogens is 198 g/mol. The van der Waals surface area contributed by atoms with Crippen molar-refractivity contribution in [3.8, 4) is 11.8 Å². The highest BCUT2D eigenvalue weighted by Crippen LogP contribution is 2.39. The number of fused-ring (bicyclic) bond motifs is 1. The third-order valence-corrected chi connectivity index (χ3v) is 2.79. The molecule has 0 saturated heterocycles. The topological polar surface area (TPSA) is 33.0 Å². The molecule has 2 rings (SSSR count). The molecule has 0 N–H and O–H groups in total. The fourth-order valence-corrected chi connectivity index (χ4v) is 2.02. The van der Waals surface area contributed by atoms with Crippen molar-refractivity contribution < 1.29 is 4.74 Å². The summed E-state index contributed by atoms with van der Waals surface area (Å²) in [6.45, 7) is 0.656. The molecule has 1 aliphatic rings. The molecule has 0 bridgehead atoms. The molecule has 1 heterocycles. The second-order valence-corrected chi connectivity index (χ2v) is 3.76. The predicted octanol–water partition coefficient (Wildman–Crippen LogP) is 3.12. The lowest BCUT2D eigenvalue weighted by Crippen LogP contribution is -2.14. The van der Waals surface area contributed by atoms with Crippen LogP contribution in [0.3, 0.4) is 0 Å². The van der Waals surface area contributed by atoms with Crippen molar-refractivity contribution in [1.29, 1.82) is 5.26 Å². The molecule has 14 heavy (non-hydrogen) atoms. The fourth-order valence-electron chi connectivity index (χ4n) is 1.78. The van der Waals surface area contributed by atoms with Crippen molar-refractivity contribution in [3.63, 3.8) is 0 Å². The van der Waals surface area contributed by atoms with Crippen molar-refractivity contribution in [1.82, 2.24) is 0 Å². The van der Waals surface area contributed by atoms with Crippen LogP contribution < -0.4 is 4.74 Å². The van der Waals surface area contributed by atoms with E-state index in [0.717, 1.165) is 17.7 Å². The Balaban J connectivity index is 2.40. The van der Waals surface area contributed by atoms with Crippen LogP contribution in [0.4, 0.5) is 0 Å². The molecule has 1 aromatic carbocycles. The van der Waals surface area contributed by atoms with Gasteiger partial charge in [0.15, 0.2) is 0 Å². The summed E-state index contributed by atoms with van der Waals surface area (Å²) in [4.78, 5) is 0. The summed E-state index contributed by atoms with van der Waals surface area (Å²) in [5, 5.41) is 9.33. The minimum absolute atomic E-state index is 0.280. The summed E-state index contributed by atoms with van der Waals surface area (Å²) >= 11 is 6.00. The Morgan fingerprint density at radius 1 is 1.57 bits per heavy atom. The van der Waals surface area contributed by atoms with Crippen LogP contribution in [0.25, 0.3) is 0 Å². The average Bonchev–Trinajstić information content (AvgIpc) is 2.20. The third-order valence-electron chi connectivity index (χ3n) is 2.49. The monoisotopic (exact) mass is 207 g/mol. The molecule has 0 spiro atoms. The van der Waals surface area contributed by atoms with Gasteiger partial charge in [0.1, 0.15) is 5.75 Å². The molecular formula is C11H10ClNO. The van der Waals surface area contributed by atoms with E-state index in [9.17, 15) is 0 Å². The highest BCUT2D eigenvalue weighted by Gasteiger charge is 2.22. The van der Waals surface area contributed by atoms with Gasteiger partial charge in [-0.05, 0) is 18.1 Å². The predicted molar refractivity (Wildman–Crippen MR) is 54.5 cm³/mol. The number of benzene rings is 1. The van der Waals surface area contributed by atoms with Crippen molar-refractivity contribution in [2.24, 2.45) is 0 Å². The van der Waals surface area contributed by atoms with E-state index in [2.05, 4.69) is 6.07 Å². The van der Waals surface area contributed by atoms with Crippen LogP contribution >= 0.6 is 11.6 Å². The minimum Gasteiger partial charge on any atom is -0.492 e. The Bertz CT molecular complexity index is 383. The van der Waals surface area contributed by atoms with Crippen LogP contribution in [0.2, 0.25) is 5.02 Å². The molecule has 0 aliphatic carbocycles. The summed E-state index contributed by atoms with van der Waals surface area (Å²) in [6.07, 6.45) is 1.44. The molecule has 1 atom stereocenters. The zero-order chi connectivity index (χ0) is 9.97. The highest BCUT2D eigenvalue weighted by molar-refractivity contribution is 6.32. The van der Waals surface area contributed by atoms with Gasteiger partial charge in [0.25, 0.3) is 0 Å². The molecule has 1 aliphatic heterocycles. The molecule has 0 fully saturated rings. The summed E-state index contributed by atoms with van der Waals surface area (Å²) in [6, 6.07) is 7.91. The van der Waals surface area contributed by atoms with Gasteiger partial charge in [0.2, 0.25) is 0 Å². The second-order valence-electron chi connectivity index (χ2n) is 3.35. The highest BCUT2D eigenvalue weighted by atomic mass is 35.5. The van der Waals surface area contributed by atoms with Crippen LogP contribution in [0.5, 0.6) is 5.75 Å². The number of halogens is 1. The van der Waals surface area contributed by atoms with Crippen LogP contribution in [0, 0.1) is 11.3 Å². The first-order valence-electron chi connectivity index (χ1n) is 4.61. The number of nitriles is 1. The Hall–Kier alpha value is -1.20. The molecule has 72 valence electrons. The van der Waals surface area contributed by atoms with Crippen molar-refractivity contribution >= 4 is 11.6 Å². The van der Waals surface area contributed by atoms with Gasteiger partial charge in [-0.3, -0.25) is 0 Å². The first kappa shape index (κ1) is 9.36. The Kier molecular flexibility index (Phi) is 2.60. The summed E-state index contributed by atoms with van der Waals surface area (Å²) in [7, 11) is 0. The first-order valence-corrected chi connectivity index (χ1v) is 4.99.